The summed E-state index contributed by atoms with van der Waals surface area (Å²) in [5, 5.41) is 9.29. The van der Waals surface area contributed by atoms with Crippen molar-refractivity contribution >= 4 is 36.0 Å². The zero-order valence-electron chi connectivity index (χ0n) is 14.3. The molecule has 2 aliphatic heterocycles. The maximum atomic E-state index is 11.5. The Balaban J connectivity index is 0.00000264. The number of halogens is 1. The number of hydrogen-bond acceptors (Lipinski definition) is 4. The number of fused-ring (bicyclic) bond motifs is 2. The summed E-state index contributed by atoms with van der Waals surface area (Å²) in [5.74, 6) is 0.743. The van der Waals surface area contributed by atoms with Gasteiger partial charge in [0.05, 0.1) is 18.2 Å². The number of carbonyl (C=O) groups excluding carboxylic acids is 1. The lowest BCUT2D eigenvalue weighted by atomic mass is 9.96. The van der Waals surface area contributed by atoms with Gasteiger partial charge in [-0.15, -0.1) is 24.0 Å². The van der Waals surface area contributed by atoms with E-state index in [1.54, 1.807) is 7.05 Å². The SMILES string of the molecule is CN=C(NCCNC(=O)OC(C)(C)C)NC1CC2CCC1O2.I. The van der Waals surface area contributed by atoms with Crippen LogP contribution >= 0.6 is 24.0 Å². The summed E-state index contributed by atoms with van der Waals surface area (Å²) in [4.78, 5) is 15.7. The first-order valence-electron chi connectivity index (χ1n) is 7.97. The number of guanidine groups is 1. The van der Waals surface area contributed by atoms with Gasteiger partial charge >= 0.3 is 6.09 Å². The van der Waals surface area contributed by atoms with Crippen LogP contribution in [0.2, 0.25) is 0 Å². The molecule has 8 heteroatoms. The summed E-state index contributed by atoms with van der Waals surface area (Å²) in [6, 6.07) is 0.337. The Morgan fingerprint density at radius 3 is 2.48 bits per heavy atom. The van der Waals surface area contributed by atoms with Gasteiger partial charge in [-0.3, -0.25) is 4.99 Å². The Morgan fingerprint density at radius 1 is 1.26 bits per heavy atom. The van der Waals surface area contributed by atoms with Crippen LogP contribution in [0.1, 0.15) is 40.0 Å². The molecular weight excluding hydrogens is 411 g/mol. The highest BCUT2D eigenvalue weighted by Gasteiger charge is 2.41. The summed E-state index contributed by atoms with van der Waals surface area (Å²) in [6.07, 6.45) is 3.66. The molecule has 0 aromatic rings. The Hall–Kier alpha value is -0.770. The van der Waals surface area contributed by atoms with Gasteiger partial charge in [0.15, 0.2) is 5.96 Å². The summed E-state index contributed by atoms with van der Waals surface area (Å²) in [7, 11) is 1.74. The first-order chi connectivity index (χ1) is 10.4. The molecule has 0 radical (unpaired) electrons. The van der Waals surface area contributed by atoms with Crippen LogP contribution in [0, 0.1) is 0 Å². The van der Waals surface area contributed by atoms with Crippen LogP contribution in [-0.2, 0) is 9.47 Å². The second kappa shape index (κ2) is 8.91. The van der Waals surface area contributed by atoms with E-state index in [4.69, 9.17) is 9.47 Å². The number of nitrogens with one attached hydrogen (secondary N) is 3. The summed E-state index contributed by atoms with van der Waals surface area (Å²) < 4.78 is 11.0. The van der Waals surface area contributed by atoms with Crippen LogP contribution < -0.4 is 16.0 Å². The topological polar surface area (TPSA) is 84.0 Å². The van der Waals surface area contributed by atoms with Crippen LogP contribution in [0.5, 0.6) is 0 Å². The van der Waals surface area contributed by atoms with E-state index in [0.29, 0.717) is 31.3 Å². The van der Waals surface area contributed by atoms with E-state index >= 15 is 0 Å². The Bertz CT molecular complexity index is 425. The molecule has 2 aliphatic rings. The largest absolute Gasteiger partial charge is 0.444 e. The van der Waals surface area contributed by atoms with Crippen molar-refractivity contribution in [1.29, 1.82) is 0 Å². The Kier molecular flexibility index (Phi) is 7.85. The first-order valence-corrected chi connectivity index (χ1v) is 7.97. The van der Waals surface area contributed by atoms with Crippen LogP contribution in [0.15, 0.2) is 4.99 Å². The molecule has 1 amide bonds. The van der Waals surface area contributed by atoms with Gasteiger partial charge in [-0.1, -0.05) is 0 Å². The van der Waals surface area contributed by atoms with Gasteiger partial charge in [-0.25, -0.2) is 4.79 Å². The maximum absolute atomic E-state index is 11.5. The van der Waals surface area contributed by atoms with Crippen LogP contribution in [-0.4, -0.2) is 56.0 Å². The molecule has 2 bridgehead atoms. The molecule has 23 heavy (non-hydrogen) atoms. The molecule has 0 aromatic heterocycles. The van der Waals surface area contributed by atoms with Crippen molar-refractivity contribution in [1.82, 2.24) is 16.0 Å². The molecule has 3 unspecified atom stereocenters. The Labute approximate surface area is 155 Å². The average molecular weight is 440 g/mol. The highest BCUT2D eigenvalue weighted by atomic mass is 127. The van der Waals surface area contributed by atoms with Crippen molar-refractivity contribution in [2.75, 3.05) is 20.1 Å². The van der Waals surface area contributed by atoms with Gasteiger partial charge < -0.3 is 25.4 Å². The fourth-order valence-corrected chi connectivity index (χ4v) is 2.82. The number of amides is 1. The van der Waals surface area contributed by atoms with Gasteiger partial charge in [-0.05, 0) is 40.0 Å². The number of aliphatic imine (C=N–C) groups is 1. The summed E-state index contributed by atoms with van der Waals surface area (Å²) >= 11 is 0. The third kappa shape index (κ3) is 6.70. The van der Waals surface area contributed by atoms with Crippen LogP contribution in [0.4, 0.5) is 4.79 Å². The van der Waals surface area contributed by atoms with E-state index in [1.807, 2.05) is 20.8 Å². The molecule has 0 spiro atoms. The minimum absolute atomic E-state index is 0. The van der Waals surface area contributed by atoms with Crippen molar-refractivity contribution < 1.29 is 14.3 Å². The summed E-state index contributed by atoms with van der Waals surface area (Å²) in [6.45, 7) is 6.58. The molecule has 134 valence electrons. The van der Waals surface area contributed by atoms with Crippen molar-refractivity contribution in [3.8, 4) is 0 Å². The molecule has 3 N–H and O–H groups in total. The third-order valence-electron chi connectivity index (χ3n) is 3.74. The number of rotatable bonds is 4. The molecule has 0 aliphatic carbocycles. The maximum Gasteiger partial charge on any atom is 0.407 e. The second-order valence-corrected chi connectivity index (χ2v) is 6.79. The van der Waals surface area contributed by atoms with Crippen LogP contribution in [0.25, 0.3) is 0 Å². The van der Waals surface area contributed by atoms with Gasteiger partial charge in [0, 0.05) is 20.1 Å². The van der Waals surface area contributed by atoms with Crippen molar-refractivity contribution in [3.63, 3.8) is 0 Å². The smallest absolute Gasteiger partial charge is 0.407 e. The standard InChI is InChI=1S/C15H28N4O3.HI/c1-15(2,3)22-14(20)18-8-7-17-13(16-4)19-11-9-10-5-6-12(11)21-10;/h10-12H,5-9H2,1-4H3,(H,18,20)(H2,16,17,19);1H. The molecular formula is C15H29IN4O3. The lowest BCUT2D eigenvalue weighted by molar-refractivity contribution is 0.0529. The number of nitrogens with zero attached hydrogens (tertiary/aromatic N) is 1. The highest BCUT2D eigenvalue weighted by Crippen LogP contribution is 2.34. The van der Waals surface area contributed by atoms with Gasteiger partial charge in [0.25, 0.3) is 0 Å². The molecule has 2 heterocycles. The second-order valence-electron chi connectivity index (χ2n) is 6.79. The van der Waals surface area contributed by atoms with E-state index in [-0.39, 0.29) is 24.0 Å². The molecule has 2 rings (SSSR count). The lowest BCUT2D eigenvalue weighted by Crippen LogP contribution is -2.49. The zero-order valence-corrected chi connectivity index (χ0v) is 16.7. The minimum atomic E-state index is -0.475. The van der Waals surface area contributed by atoms with E-state index in [0.717, 1.165) is 18.8 Å². The quantitative estimate of drug-likeness (QED) is 0.268. The number of alkyl carbamates (subject to hydrolysis) is 1. The van der Waals surface area contributed by atoms with E-state index < -0.39 is 11.7 Å². The molecule has 0 saturated carbocycles. The predicted molar refractivity (Wildman–Crippen MR) is 100 cm³/mol. The number of carbonyl (C=O) groups is 1. The fourth-order valence-electron chi connectivity index (χ4n) is 2.82. The van der Waals surface area contributed by atoms with Crippen molar-refractivity contribution in [2.24, 2.45) is 4.99 Å². The normalized spacial score (nSPS) is 26.4. The number of hydrogen-bond donors (Lipinski definition) is 3. The first kappa shape index (κ1) is 20.3. The Morgan fingerprint density at radius 2 is 1.96 bits per heavy atom. The van der Waals surface area contributed by atoms with E-state index in [9.17, 15) is 4.79 Å². The molecule has 2 saturated heterocycles. The van der Waals surface area contributed by atoms with Gasteiger partial charge in [0.2, 0.25) is 0 Å². The fraction of sp³-hybridized carbons (Fsp3) is 0.867. The minimum Gasteiger partial charge on any atom is -0.444 e. The highest BCUT2D eigenvalue weighted by molar-refractivity contribution is 14.0. The molecule has 2 fully saturated rings. The average Bonchev–Trinajstić information content (AvgIpc) is 3.02. The third-order valence-corrected chi connectivity index (χ3v) is 3.74. The summed E-state index contributed by atoms with van der Waals surface area (Å²) in [5.41, 5.74) is -0.475. The van der Waals surface area contributed by atoms with Gasteiger partial charge in [-0.2, -0.15) is 0 Å². The van der Waals surface area contributed by atoms with E-state index in [1.165, 1.54) is 6.42 Å². The number of ether oxygens (including phenoxy) is 2. The zero-order chi connectivity index (χ0) is 16.2. The predicted octanol–water partition coefficient (Wildman–Crippen LogP) is 1.61. The van der Waals surface area contributed by atoms with Gasteiger partial charge in [0.1, 0.15) is 5.60 Å². The monoisotopic (exact) mass is 440 g/mol. The van der Waals surface area contributed by atoms with E-state index in [2.05, 4.69) is 20.9 Å². The van der Waals surface area contributed by atoms with Crippen molar-refractivity contribution in [3.05, 3.63) is 0 Å². The lowest BCUT2D eigenvalue weighted by Gasteiger charge is -2.23. The molecule has 0 aromatic carbocycles. The van der Waals surface area contributed by atoms with Crippen LogP contribution in [0.3, 0.4) is 0 Å². The van der Waals surface area contributed by atoms with Crippen molar-refractivity contribution in [2.45, 2.75) is 63.9 Å². The molecule has 3 atom stereocenters. The molecule has 7 nitrogen and oxygen atoms in total.